The quantitative estimate of drug-likeness (QED) is 0.504. The van der Waals surface area contributed by atoms with Gasteiger partial charge in [-0.15, -0.1) is 0 Å². The molecule has 43 valence electrons. The summed E-state index contributed by atoms with van der Waals surface area (Å²) in [6, 6.07) is 0. The van der Waals surface area contributed by atoms with Crippen LogP contribution in [0.1, 0.15) is 13.3 Å². The van der Waals surface area contributed by atoms with Gasteiger partial charge in [-0.1, -0.05) is 6.08 Å². The lowest BCUT2D eigenvalue weighted by Crippen LogP contribution is -1.89. The zero-order valence-electron chi connectivity index (χ0n) is 4.89. The molecule has 0 unspecified atom stereocenters. The van der Waals surface area contributed by atoms with Crippen LogP contribution < -0.4 is 0 Å². The molecule has 1 nitrogen and oxygen atoms in total. The van der Waals surface area contributed by atoms with Crippen LogP contribution in [0.25, 0.3) is 0 Å². The van der Waals surface area contributed by atoms with E-state index in [0.29, 0.717) is 5.76 Å². The number of aliphatic hydroxyl groups excluding tert-OH is 1. The average Bonchev–Trinajstić information content (AvgIpc) is 1.77. The summed E-state index contributed by atoms with van der Waals surface area (Å²) in [4.78, 5) is 0. The van der Waals surface area contributed by atoms with Gasteiger partial charge < -0.3 is 5.11 Å². The first-order valence-corrected chi connectivity index (χ1v) is 2.69. The van der Waals surface area contributed by atoms with Gasteiger partial charge in [-0.3, -0.25) is 0 Å². The predicted molar refractivity (Wildman–Crippen MR) is 33.4 cm³/mol. The fourth-order valence-electron chi connectivity index (χ4n) is 0.651. The topological polar surface area (TPSA) is 20.2 Å². The number of rotatable bonds is 0. The van der Waals surface area contributed by atoms with E-state index in [9.17, 15) is 0 Å². The van der Waals surface area contributed by atoms with Crippen LogP contribution in [-0.2, 0) is 0 Å². The fourth-order valence-corrected chi connectivity index (χ4v) is 0.651. The van der Waals surface area contributed by atoms with Crippen LogP contribution in [0.15, 0.2) is 23.5 Å². The molecule has 1 aliphatic carbocycles. The zero-order chi connectivity index (χ0) is 5.98. The summed E-state index contributed by atoms with van der Waals surface area (Å²) in [5.41, 5.74) is 1.05. The second-order valence-corrected chi connectivity index (χ2v) is 1.96. The molecule has 0 atom stereocenters. The Bertz CT molecular complexity index is 142. The first-order valence-electron chi connectivity index (χ1n) is 2.69. The molecule has 0 saturated carbocycles. The largest absolute Gasteiger partial charge is 0.508 e. The van der Waals surface area contributed by atoms with Gasteiger partial charge in [-0.25, -0.2) is 0 Å². The monoisotopic (exact) mass is 109 g/mol. The van der Waals surface area contributed by atoms with Crippen LogP contribution >= 0.6 is 0 Å². The minimum Gasteiger partial charge on any atom is -0.508 e. The summed E-state index contributed by atoms with van der Waals surface area (Å²) in [6.07, 6.45) is 6.48. The summed E-state index contributed by atoms with van der Waals surface area (Å²) in [5, 5.41) is 8.95. The van der Waals surface area contributed by atoms with Crippen LogP contribution in [0.2, 0.25) is 0 Å². The minimum absolute atomic E-state index is 0.424. The van der Waals surface area contributed by atoms with E-state index in [1.807, 2.05) is 19.4 Å². The van der Waals surface area contributed by atoms with E-state index in [1.165, 1.54) is 0 Å². The average molecular weight is 109 g/mol. The fraction of sp³-hybridized carbons (Fsp3) is 0.286. The van der Waals surface area contributed by atoms with Crippen molar-refractivity contribution in [2.24, 2.45) is 0 Å². The van der Waals surface area contributed by atoms with Crippen LogP contribution in [-0.4, -0.2) is 5.11 Å². The molecule has 8 heavy (non-hydrogen) atoms. The summed E-state index contributed by atoms with van der Waals surface area (Å²) < 4.78 is 0. The number of hydrogen-bond donors (Lipinski definition) is 1. The smallest absolute Gasteiger partial charge is 0.114 e. The maximum absolute atomic E-state index is 8.95. The standard InChI is InChI=1S/C7H9O/c1-6-4-2-3-5-7(6)8/h2-3,5,8H,4H2,1H3. The van der Waals surface area contributed by atoms with Crippen LogP contribution in [0.5, 0.6) is 0 Å². The Morgan fingerprint density at radius 3 is 2.75 bits per heavy atom. The Hall–Kier alpha value is -0.720. The molecular formula is C7H9O. The van der Waals surface area contributed by atoms with E-state index < -0.39 is 0 Å². The molecule has 1 rings (SSSR count). The molecule has 0 aromatic heterocycles. The van der Waals surface area contributed by atoms with E-state index in [1.54, 1.807) is 6.08 Å². The van der Waals surface area contributed by atoms with Crippen molar-refractivity contribution in [2.45, 2.75) is 13.3 Å². The highest BCUT2D eigenvalue weighted by molar-refractivity contribution is 5.26. The highest BCUT2D eigenvalue weighted by Gasteiger charge is 1.99. The lowest BCUT2D eigenvalue weighted by Gasteiger charge is -2.04. The Morgan fingerprint density at radius 1 is 1.62 bits per heavy atom. The van der Waals surface area contributed by atoms with Gasteiger partial charge in [-0.2, -0.15) is 0 Å². The van der Waals surface area contributed by atoms with Gasteiger partial charge in [0, 0.05) is 0 Å². The summed E-state index contributed by atoms with van der Waals surface area (Å²) in [5.74, 6) is 0.424. The maximum atomic E-state index is 8.95. The van der Waals surface area contributed by atoms with Crippen molar-refractivity contribution in [3.63, 3.8) is 0 Å². The molecule has 0 fully saturated rings. The molecule has 0 aromatic rings. The van der Waals surface area contributed by atoms with E-state index >= 15 is 0 Å². The third kappa shape index (κ3) is 0.915. The number of aliphatic hydroxyl groups is 1. The molecular weight excluding hydrogens is 100 g/mol. The molecule has 0 aliphatic heterocycles. The lowest BCUT2D eigenvalue weighted by atomic mass is 10.1. The van der Waals surface area contributed by atoms with Gasteiger partial charge in [0.25, 0.3) is 0 Å². The molecule has 1 aliphatic rings. The van der Waals surface area contributed by atoms with E-state index in [0.717, 1.165) is 12.0 Å². The molecule has 0 amide bonds. The highest BCUT2D eigenvalue weighted by Crippen LogP contribution is 2.14. The molecule has 0 heterocycles. The normalized spacial score (nSPS) is 19.6. The molecule has 1 radical (unpaired) electrons. The zero-order valence-corrected chi connectivity index (χ0v) is 4.89. The van der Waals surface area contributed by atoms with E-state index in [2.05, 4.69) is 0 Å². The molecule has 1 heteroatoms. The summed E-state index contributed by atoms with van der Waals surface area (Å²) in [7, 11) is 0. The minimum atomic E-state index is 0.424. The van der Waals surface area contributed by atoms with Crippen LogP contribution in [0.3, 0.4) is 0 Å². The predicted octanol–water partition coefficient (Wildman–Crippen LogP) is 1.98. The van der Waals surface area contributed by atoms with E-state index in [-0.39, 0.29) is 0 Å². The van der Waals surface area contributed by atoms with Crippen molar-refractivity contribution >= 4 is 0 Å². The number of hydrogen-bond acceptors (Lipinski definition) is 1. The lowest BCUT2D eigenvalue weighted by molar-refractivity contribution is 0.422. The highest BCUT2D eigenvalue weighted by atomic mass is 16.3. The van der Waals surface area contributed by atoms with Gasteiger partial charge in [0.2, 0.25) is 0 Å². The Kier molecular flexibility index (Phi) is 1.38. The van der Waals surface area contributed by atoms with Gasteiger partial charge in [0.05, 0.1) is 0 Å². The first-order chi connectivity index (χ1) is 3.80. The summed E-state index contributed by atoms with van der Waals surface area (Å²) in [6.45, 7) is 1.93. The van der Waals surface area contributed by atoms with Gasteiger partial charge in [0.15, 0.2) is 0 Å². The second-order valence-electron chi connectivity index (χ2n) is 1.96. The maximum Gasteiger partial charge on any atom is 0.114 e. The Balaban J connectivity index is 2.76. The van der Waals surface area contributed by atoms with Gasteiger partial charge in [0.1, 0.15) is 5.76 Å². The molecule has 0 spiro atoms. The van der Waals surface area contributed by atoms with Crippen molar-refractivity contribution in [1.82, 2.24) is 0 Å². The molecule has 0 aromatic carbocycles. The Morgan fingerprint density at radius 2 is 2.38 bits per heavy atom. The third-order valence-electron chi connectivity index (χ3n) is 1.25. The molecule has 1 N–H and O–H groups in total. The van der Waals surface area contributed by atoms with Gasteiger partial charge >= 0.3 is 0 Å². The first kappa shape index (κ1) is 5.42. The van der Waals surface area contributed by atoms with Crippen molar-refractivity contribution in [1.29, 1.82) is 0 Å². The molecule has 0 saturated heterocycles. The third-order valence-corrected chi connectivity index (χ3v) is 1.25. The van der Waals surface area contributed by atoms with E-state index in [4.69, 9.17) is 5.11 Å². The van der Waals surface area contributed by atoms with Gasteiger partial charge in [-0.05, 0) is 31.4 Å². The number of allylic oxidation sites excluding steroid dienone is 3. The van der Waals surface area contributed by atoms with Crippen molar-refractivity contribution < 1.29 is 5.11 Å². The summed E-state index contributed by atoms with van der Waals surface area (Å²) >= 11 is 0. The molecule has 0 bridgehead atoms. The van der Waals surface area contributed by atoms with Crippen molar-refractivity contribution in [3.8, 4) is 0 Å². The second kappa shape index (κ2) is 2.03. The van der Waals surface area contributed by atoms with Crippen LogP contribution in [0, 0.1) is 6.42 Å². The van der Waals surface area contributed by atoms with Crippen molar-refractivity contribution in [2.75, 3.05) is 0 Å². The van der Waals surface area contributed by atoms with Crippen LogP contribution in [0.4, 0.5) is 0 Å². The SMILES string of the molecule is CC1=C(O)C=C[CH]C1. The van der Waals surface area contributed by atoms with Crippen molar-refractivity contribution in [3.05, 3.63) is 29.9 Å². The Labute approximate surface area is 49.3 Å².